The number of aromatic nitrogens is 4. The number of nitrogens with one attached hydrogen (secondary N) is 1. The second-order valence-corrected chi connectivity index (χ2v) is 6.20. The first-order valence-electron chi connectivity index (χ1n) is 8.02. The van der Waals surface area contributed by atoms with Gasteiger partial charge in [-0.2, -0.15) is 10.2 Å². The van der Waals surface area contributed by atoms with Crippen molar-refractivity contribution in [2.45, 2.75) is 40.8 Å². The average molecular weight is 362 g/mol. The molecule has 0 bridgehead atoms. The molecule has 0 aliphatic carbocycles. The highest BCUT2D eigenvalue weighted by molar-refractivity contribution is 6.31. The van der Waals surface area contributed by atoms with Crippen LogP contribution in [0.5, 0.6) is 0 Å². The maximum Gasteiger partial charge on any atom is 0.291 e. The van der Waals surface area contributed by atoms with Gasteiger partial charge in [0, 0.05) is 6.54 Å². The molecule has 0 atom stereocenters. The third-order valence-corrected chi connectivity index (χ3v) is 4.68. The number of hydrogen-bond donors (Lipinski definition) is 1. The summed E-state index contributed by atoms with van der Waals surface area (Å²) in [4.78, 5) is 12.4. The molecule has 0 saturated carbocycles. The van der Waals surface area contributed by atoms with Crippen molar-refractivity contribution >= 4 is 23.2 Å². The van der Waals surface area contributed by atoms with Crippen molar-refractivity contribution < 1.29 is 9.21 Å². The Labute approximate surface area is 150 Å². The van der Waals surface area contributed by atoms with Crippen molar-refractivity contribution in [1.82, 2.24) is 19.6 Å². The van der Waals surface area contributed by atoms with Crippen molar-refractivity contribution in [3.63, 3.8) is 0 Å². The van der Waals surface area contributed by atoms with Gasteiger partial charge in [-0.25, -0.2) is 0 Å². The third-order valence-electron chi connectivity index (χ3n) is 4.14. The Kier molecular flexibility index (Phi) is 4.67. The van der Waals surface area contributed by atoms with Crippen LogP contribution in [0.3, 0.4) is 0 Å². The molecular weight excluding hydrogens is 342 g/mol. The predicted octanol–water partition coefficient (Wildman–Crippen LogP) is 3.57. The van der Waals surface area contributed by atoms with E-state index in [1.165, 1.54) is 0 Å². The first-order chi connectivity index (χ1) is 11.9. The largest absolute Gasteiger partial charge is 0.454 e. The Morgan fingerprint density at radius 2 is 2.00 bits per heavy atom. The number of furan rings is 1. The van der Waals surface area contributed by atoms with E-state index in [1.807, 2.05) is 32.4 Å². The van der Waals surface area contributed by atoms with Gasteiger partial charge < -0.3 is 9.73 Å². The van der Waals surface area contributed by atoms with Gasteiger partial charge in [-0.05, 0) is 39.8 Å². The molecular formula is C17H20ClN5O2. The second-order valence-electron chi connectivity index (χ2n) is 5.82. The highest BCUT2D eigenvalue weighted by Gasteiger charge is 2.16. The Morgan fingerprint density at radius 3 is 2.60 bits per heavy atom. The summed E-state index contributed by atoms with van der Waals surface area (Å²) in [5, 5.41) is 12.0. The van der Waals surface area contributed by atoms with Crippen LogP contribution < -0.4 is 5.32 Å². The lowest BCUT2D eigenvalue weighted by Crippen LogP contribution is -2.12. The van der Waals surface area contributed by atoms with Crippen molar-refractivity contribution in [2.24, 2.45) is 0 Å². The zero-order valence-electron chi connectivity index (χ0n) is 14.6. The summed E-state index contributed by atoms with van der Waals surface area (Å²) >= 11 is 6.15. The number of halogens is 1. The summed E-state index contributed by atoms with van der Waals surface area (Å²) in [6, 6.07) is 3.42. The first kappa shape index (κ1) is 17.3. The van der Waals surface area contributed by atoms with Gasteiger partial charge >= 0.3 is 0 Å². The van der Waals surface area contributed by atoms with E-state index in [4.69, 9.17) is 16.0 Å². The second kappa shape index (κ2) is 6.76. The molecule has 3 aromatic rings. The number of rotatable bonds is 5. The summed E-state index contributed by atoms with van der Waals surface area (Å²) in [5.74, 6) is 0.566. The Morgan fingerprint density at radius 1 is 1.24 bits per heavy atom. The maximum atomic E-state index is 12.4. The number of anilines is 1. The van der Waals surface area contributed by atoms with Crippen molar-refractivity contribution in [3.05, 3.63) is 52.0 Å². The van der Waals surface area contributed by atoms with Crippen LogP contribution >= 0.6 is 11.6 Å². The highest BCUT2D eigenvalue weighted by atomic mass is 35.5. The quantitative estimate of drug-likeness (QED) is 0.753. The number of amides is 1. The molecule has 8 heteroatoms. The molecule has 3 rings (SSSR count). The van der Waals surface area contributed by atoms with Crippen LogP contribution in [0.15, 0.2) is 22.7 Å². The van der Waals surface area contributed by atoms with Crippen LogP contribution in [0.25, 0.3) is 0 Å². The summed E-state index contributed by atoms with van der Waals surface area (Å²) < 4.78 is 9.23. The number of hydrogen-bond acceptors (Lipinski definition) is 4. The van der Waals surface area contributed by atoms with Crippen molar-refractivity contribution in [2.75, 3.05) is 5.32 Å². The summed E-state index contributed by atoms with van der Waals surface area (Å²) in [5.41, 5.74) is 3.21. The summed E-state index contributed by atoms with van der Waals surface area (Å²) in [7, 11) is 0. The molecule has 0 saturated heterocycles. The van der Waals surface area contributed by atoms with E-state index in [1.54, 1.807) is 23.0 Å². The van der Waals surface area contributed by atoms with Crippen molar-refractivity contribution in [3.8, 4) is 0 Å². The molecule has 3 aromatic heterocycles. The number of aryl methyl sites for hydroxylation is 2. The minimum Gasteiger partial charge on any atom is -0.454 e. The van der Waals surface area contributed by atoms with Gasteiger partial charge in [0.25, 0.3) is 5.91 Å². The third kappa shape index (κ3) is 3.32. The Hall–Kier alpha value is -2.54. The van der Waals surface area contributed by atoms with E-state index in [0.29, 0.717) is 23.0 Å². The zero-order chi connectivity index (χ0) is 18.1. The summed E-state index contributed by atoms with van der Waals surface area (Å²) in [6.45, 7) is 8.82. The lowest BCUT2D eigenvalue weighted by molar-refractivity contribution is 0.0994. The smallest absolute Gasteiger partial charge is 0.291 e. The number of carbonyl (C=O) groups excluding carboxylic acids is 1. The average Bonchev–Trinajstić information content (AvgIpc) is 3.25. The molecule has 0 fully saturated rings. The standard InChI is InChI=1S/C17H20ClN5O2/c1-5-22-11(3)14(8-19-22)20-17(24)15-7-6-13(25-15)9-23-12(4)16(18)10(2)21-23/h6-8H,5,9H2,1-4H3,(H,20,24). The van der Waals surface area contributed by atoms with Crippen LogP contribution in [0.2, 0.25) is 5.02 Å². The number of nitrogens with zero attached hydrogens (tertiary/aromatic N) is 4. The van der Waals surface area contributed by atoms with Gasteiger partial charge in [-0.15, -0.1) is 0 Å². The fourth-order valence-electron chi connectivity index (χ4n) is 2.63. The topological polar surface area (TPSA) is 77.9 Å². The van der Waals surface area contributed by atoms with E-state index in [0.717, 1.165) is 23.6 Å². The van der Waals surface area contributed by atoms with Gasteiger partial charge in [-0.3, -0.25) is 14.2 Å². The number of carbonyl (C=O) groups is 1. The highest BCUT2D eigenvalue weighted by Crippen LogP contribution is 2.21. The predicted molar refractivity (Wildman–Crippen MR) is 95.1 cm³/mol. The van der Waals surface area contributed by atoms with E-state index in [-0.39, 0.29) is 11.7 Å². The van der Waals surface area contributed by atoms with Crippen LogP contribution in [0.1, 0.15) is 40.3 Å². The monoisotopic (exact) mass is 361 g/mol. The molecule has 0 radical (unpaired) electrons. The lowest BCUT2D eigenvalue weighted by Gasteiger charge is -2.04. The van der Waals surface area contributed by atoms with E-state index in [9.17, 15) is 4.79 Å². The van der Waals surface area contributed by atoms with Gasteiger partial charge in [-0.1, -0.05) is 11.6 Å². The van der Waals surface area contributed by atoms with Crippen LogP contribution in [0, 0.1) is 20.8 Å². The molecule has 1 amide bonds. The fraction of sp³-hybridized carbons (Fsp3) is 0.353. The normalized spacial score (nSPS) is 11.1. The molecule has 0 spiro atoms. The molecule has 0 aliphatic heterocycles. The zero-order valence-corrected chi connectivity index (χ0v) is 15.4. The first-order valence-corrected chi connectivity index (χ1v) is 8.40. The molecule has 3 heterocycles. The summed E-state index contributed by atoms with van der Waals surface area (Å²) in [6.07, 6.45) is 1.64. The van der Waals surface area contributed by atoms with Crippen LogP contribution in [0.4, 0.5) is 5.69 Å². The lowest BCUT2D eigenvalue weighted by atomic mass is 10.3. The molecule has 132 valence electrons. The molecule has 0 aromatic carbocycles. The van der Waals surface area contributed by atoms with Gasteiger partial charge in [0.2, 0.25) is 0 Å². The van der Waals surface area contributed by atoms with Gasteiger partial charge in [0.1, 0.15) is 5.76 Å². The van der Waals surface area contributed by atoms with E-state index in [2.05, 4.69) is 15.5 Å². The molecule has 25 heavy (non-hydrogen) atoms. The van der Waals surface area contributed by atoms with Crippen LogP contribution in [-0.4, -0.2) is 25.5 Å². The van der Waals surface area contributed by atoms with E-state index < -0.39 is 0 Å². The van der Waals surface area contributed by atoms with Gasteiger partial charge in [0.15, 0.2) is 5.76 Å². The fourth-order valence-corrected chi connectivity index (χ4v) is 2.77. The van der Waals surface area contributed by atoms with E-state index >= 15 is 0 Å². The molecule has 7 nitrogen and oxygen atoms in total. The van der Waals surface area contributed by atoms with Crippen LogP contribution in [-0.2, 0) is 13.1 Å². The molecule has 1 N–H and O–H groups in total. The SMILES string of the molecule is CCn1ncc(NC(=O)c2ccc(Cn3nc(C)c(Cl)c3C)o2)c1C. The van der Waals surface area contributed by atoms with Gasteiger partial charge in [0.05, 0.1) is 40.5 Å². The van der Waals surface area contributed by atoms with Crippen molar-refractivity contribution in [1.29, 1.82) is 0 Å². The molecule has 0 unspecified atom stereocenters. The minimum absolute atomic E-state index is 0.242. The Bertz CT molecular complexity index is 922. The Balaban J connectivity index is 1.73. The minimum atomic E-state index is -0.309. The molecule has 0 aliphatic rings. The maximum absolute atomic E-state index is 12.4.